The molecule has 0 bridgehead atoms. The van der Waals surface area contributed by atoms with Gasteiger partial charge in [0.25, 0.3) is 0 Å². The molecule has 0 heterocycles. The van der Waals surface area contributed by atoms with E-state index in [1.165, 1.54) is 25.7 Å². The molecule has 2 aliphatic carbocycles. The normalized spacial score (nSPS) is 21.4. The van der Waals surface area contributed by atoms with Gasteiger partial charge in [-0.25, -0.2) is 35.1 Å². The van der Waals surface area contributed by atoms with Crippen molar-refractivity contribution in [3.8, 4) is 0 Å². The van der Waals surface area contributed by atoms with E-state index < -0.39 is 69.9 Å². The summed E-state index contributed by atoms with van der Waals surface area (Å²) in [6.07, 6.45) is 11.9. The van der Waals surface area contributed by atoms with E-state index in [4.69, 9.17) is 4.74 Å². The highest BCUT2D eigenvalue weighted by Crippen LogP contribution is 2.43. The molecule has 55 heavy (non-hydrogen) atoms. The number of rotatable bonds is 14. The number of hydrogen-bond donors (Lipinski definition) is 0. The first kappa shape index (κ1) is 40.9. The van der Waals surface area contributed by atoms with Crippen LogP contribution in [0.15, 0.2) is 60.7 Å². The van der Waals surface area contributed by atoms with Crippen molar-refractivity contribution in [1.29, 1.82) is 0 Å². The van der Waals surface area contributed by atoms with Crippen molar-refractivity contribution in [2.24, 2.45) is 11.8 Å². The Morgan fingerprint density at radius 1 is 0.473 bits per heavy atom. The summed E-state index contributed by atoms with van der Waals surface area (Å²) in [5.41, 5.74) is 0.877. The third-order valence-corrected chi connectivity index (χ3v) is 12.1. The van der Waals surface area contributed by atoms with Crippen LogP contribution in [0.3, 0.4) is 0 Å². The van der Waals surface area contributed by atoms with Crippen molar-refractivity contribution in [3.05, 3.63) is 141 Å². The third kappa shape index (κ3) is 9.30. The Labute approximate surface area is 319 Å². The Hall–Kier alpha value is -3.72. The lowest BCUT2D eigenvalue weighted by atomic mass is 9.77. The summed E-state index contributed by atoms with van der Waals surface area (Å²) >= 11 is 0. The predicted molar refractivity (Wildman–Crippen MR) is 199 cm³/mol. The van der Waals surface area contributed by atoms with Gasteiger partial charge in [-0.05, 0) is 109 Å². The highest BCUT2D eigenvalue weighted by molar-refractivity contribution is 5.39. The maximum Gasteiger partial charge on any atom is 0.197 e. The van der Waals surface area contributed by atoms with E-state index in [1.54, 1.807) is 24.3 Å². The first-order chi connectivity index (χ1) is 26.5. The van der Waals surface area contributed by atoms with Gasteiger partial charge in [0, 0.05) is 11.1 Å². The summed E-state index contributed by atoms with van der Waals surface area (Å²) in [5.74, 6) is -13.2. The standard InChI is InChI=1S/C46H50F8O/c1-3-5-7-27-9-13-29(14-10-27)31-17-21-33(22-18-31)45(35-25-37(47)41(51)43(53)39(35)49)55-46(36-26-38(48)42(52)44(54)40(36)50)34-23-19-32(20-24-34)30-15-11-28(12-16-30)8-6-4-2/h17-30,45-46H,3-16H2,1-2H3. The van der Waals surface area contributed by atoms with Gasteiger partial charge < -0.3 is 4.74 Å². The van der Waals surface area contributed by atoms with Crippen LogP contribution in [0.2, 0.25) is 0 Å². The number of ether oxygens (including phenoxy) is 1. The number of halogens is 8. The van der Waals surface area contributed by atoms with Crippen LogP contribution >= 0.6 is 0 Å². The number of unbranched alkanes of at least 4 members (excludes halogenated alkanes) is 2. The fourth-order valence-corrected chi connectivity index (χ4v) is 8.80. The minimum absolute atomic E-state index is 0.176. The van der Waals surface area contributed by atoms with Crippen molar-refractivity contribution in [2.75, 3.05) is 0 Å². The zero-order valence-electron chi connectivity index (χ0n) is 31.6. The molecule has 2 unspecified atom stereocenters. The Bertz CT molecular complexity index is 1740. The van der Waals surface area contributed by atoms with Gasteiger partial charge in [-0.2, -0.15) is 0 Å². The van der Waals surface area contributed by atoms with Gasteiger partial charge in [0.15, 0.2) is 46.5 Å². The average molecular weight is 771 g/mol. The minimum Gasteiger partial charge on any atom is -0.356 e. The summed E-state index contributed by atoms with van der Waals surface area (Å²) in [6, 6.07) is 14.6. The molecular weight excluding hydrogens is 720 g/mol. The smallest absolute Gasteiger partial charge is 0.197 e. The summed E-state index contributed by atoms with van der Waals surface area (Å²) < 4.78 is 125. The van der Waals surface area contributed by atoms with E-state index in [0.717, 1.165) is 75.3 Å². The van der Waals surface area contributed by atoms with Crippen molar-refractivity contribution >= 4 is 0 Å². The van der Waals surface area contributed by atoms with Crippen LogP contribution in [0.4, 0.5) is 35.1 Å². The molecule has 6 rings (SSSR count). The van der Waals surface area contributed by atoms with Gasteiger partial charge in [-0.15, -0.1) is 0 Å². The largest absolute Gasteiger partial charge is 0.356 e. The lowest BCUT2D eigenvalue weighted by Gasteiger charge is -2.30. The molecule has 296 valence electrons. The molecule has 0 spiro atoms. The molecule has 0 saturated heterocycles. The van der Waals surface area contributed by atoms with E-state index in [-0.39, 0.29) is 23.0 Å². The predicted octanol–water partition coefficient (Wildman–Crippen LogP) is 14.6. The lowest BCUT2D eigenvalue weighted by Crippen LogP contribution is -2.18. The van der Waals surface area contributed by atoms with Crippen molar-refractivity contribution in [1.82, 2.24) is 0 Å². The lowest BCUT2D eigenvalue weighted by molar-refractivity contribution is 0.0256. The van der Waals surface area contributed by atoms with Crippen LogP contribution in [0.5, 0.6) is 0 Å². The molecule has 4 aromatic rings. The van der Waals surface area contributed by atoms with E-state index in [2.05, 4.69) is 13.8 Å². The second-order valence-electron chi connectivity index (χ2n) is 15.7. The molecule has 0 radical (unpaired) electrons. The van der Waals surface area contributed by atoms with Gasteiger partial charge in [0.1, 0.15) is 12.2 Å². The maximum absolute atomic E-state index is 15.6. The van der Waals surface area contributed by atoms with Crippen LogP contribution in [0.25, 0.3) is 0 Å². The molecule has 1 nitrogen and oxygen atoms in total. The fourth-order valence-electron chi connectivity index (χ4n) is 8.80. The monoisotopic (exact) mass is 770 g/mol. The molecule has 4 aromatic carbocycles. The van der Waals surface area contributed by atoms with Crippen LogP contribution in [0.1, 0.15) is 161 Å². The Kier molecular flexibility index (Phi) is 13.8. The highest BCUT2D eigenvalue weighted by atomic mass is 19.2. The minimum atomic E-state index is -2.07. The molecule has 2 atom stereocenters. The summed E-state index contributed by atoms with van der Waals surface area (Å²) in [6.45, 7) is 4.35. The fraction of sp³-hybridized carbons (Fsp3) is 0.478. The summed E-state index contributed by atoms with van der Waals surface area (Å²) in [7, 11) is 0. The zero-order chi connectivity index (χ0) is 39.2. The first-order valence-electron chi connectivity index (χ1n) is 20.0. The SMILES string of the molecule is CCCCC1CCC(c2ccc(C(OC(c3ccc(C4CCC(CCCC)CC4)cc3)c3cc(F)c(F)c(F)c3F)c3cc(F)c(F)c(F)c3F)cc2)CC1. The molecular formula is C46H50F8O. The van der Waals surface area contributed by atoms with E-state index in [0.29, 0.717) is 24.0 Å². The van der Waals surface area contributed by atoms with Crippen LogP contribution < -0.4 is 0 Å². The number of hydrogen-bond acceptors (Lipinski definition) is 1. The van der Waals surface area contributed by atoms with Crippen LogP contribution in [-0.4, -0.2) is 0 Å². The molecule has 2 saturated carbocycles. The van der Waals surface area contributed by atoms with Gasteiger partial charge in [-0.1, -0.05) is 101 Å². The highest BCUT2D eigenvalue weighted by Gasteiger charge is 2.33. The van der Waals surface area contributed by atoms with Gasteiger partial charge in [0.2, 0.25) is 0 Å². The average Bonchev–Trinajstić information content (AvgIpc) is 3.22. The molecule has 0 N–H and O–H groups in total. The van der Waals surface area contributed by atoms with Crippen molar-refractivity contribution in [2.45, 2.75) is 128 Å². The topological polar surface area (TPSA) is 9.23 Å². The first-order valence-corrected chi connectivity index (χ1v) is 20.0. The summed E-state index contributed by atoms with van der Waals surface area (Å²) in [5, 5.41) is 0. The third-order valence-electron chi connectivity index (χ3n) is 12.1. The molecule has 0 aliphatic heterocycles. The maximum atomic E-state index is 15.6. The Morgan fingerprint density at radius 2 is 0.818 bits per heavy atom. The quantitative estimate of drug-likeness (QED) is 0.0705. The Balaban J connectivity index is 1.36. The molecule has 9 heteroatoms. The second kappa shape index (κ2) is 18.5. The van der Waals surface area contributed by atoms with E-state index in [9.17, 15) is 26.3 Å². The molecule has 0 aromatic heterocycles. The molecule has 2 aliphatic rings. The van der Waals surface area contributed by atoms with Crippen molar-refractivity contribution < 1.29 is 39.9 Å². The molecule has 2 fully saturated rings. The van der Waals surface area contributed by atoms with E-state index in [1.807, 2.05) is 24.3 Å². The van der Waals surface area contributed by atoms with Gasteiger partial charge in [0.05, 0.1) is 0 Å². The summed E-state index contributed by atoms with van der Waals surface area (Å²) in [4.78, 5) is 0. The zero-order valence-corrected chi connectivity index (χ0v) is 31.6. The Morgan fingerprint density at radius 3 is 1.15 bits per heavy atom. The van der Waals surface area contributed by atoms with Gasteiger partial charge >= 0.3 is 0 Å². The molecule has 0 amide bonds. The second-order valence-corrected chi connectivity index (χ2v) is 15.7. The van der Waals surface area contributed by atoms with Crippen LogP contribution in [-0.2, 0) is 4.74 Å². The van der Waals surface area contributed by atoms with Crippen molar-refractivity contribution in [3.63, 3.8) is 0 Å². The van der Waals surface area contributed by atoms with Crippen LogP contribution in [0, 0.1) is 58.4 Å². The van der Waals surface area contributed by atoms with E-state index >= 15 is 8.78 Å². The van der Waals surface area contributed by atoms with Gasteiger partial charge in [-0.3, -0.25) is 0 Å². The number of benzene rings is 4.